The molecule has 2 aromatic rings. The zero-order valence-corrected chi connectivity index (χ0v) is 18.9. The number of anilines is 1. The van der Waals surface area contributed by atoms with Crippen molar-refractivity contribution in [1.82, 2.24) is 5.43 Å². The third-order valence-electron chi connectivity index (χ3n) is 4.40. The fourth-order valence-electron chi connectivity index (χ4n) is 2.82. The van der Waals surface area contributed by atoms with Crippen molar-refractivity contribution in [2.24, 2.45) is 16.9 Å². The lowest BCUT2D eigenvalue weighted by molar-refractivity contribution is -0.134. The van der Waals surface area contributed by atoms with Gasteiger partial charge in [-0.1, -0.05) is 32.4 Å². The Bertz CT molecular complexity index is 914. The van der Waals surface area contributed by atoms with Crippen LogP contribution in [0.15, 0.2) is 47.6 Å². The van der Waals surface area contributed by atoms with Crippen LogP contribution < -0.4 is 20.2 Å². The van der Waals surface area contributed by atoms with E-state index in [1.165, 1.54) is 6.21 Å². The van der Waals surface area contributed by atoms with Gasteiger partial charge in [0.25, 0.3) is 5.91 Å². The number of ether oxygens (including phenoxy) is 2. The second-order valence-electron chi connectivity index (χ2n) is 7.20. The molecule has 31 heavy (non-hydrogen) atoms. The first-order chi connectivity index (χ1) is 14.8. The average molecular weight is 446 g/mol. The molecule has 2 aromatic carbocycles. The van der Waals surface area contributed by atoms with Gasteiger partial charge in [-0.3, -0.25) is 9.59 Å². The number of amides is 2. The summed E-state index contributed by atoms with van der Waals surface area (Å²) < 4.78 is 10.8. The predicted molar refractivity (Wildman–Crippen MR) is 123 cm³/mol. The van der Waals surface area contributed by atoms with Crippen molar-refractivity contribution >= 4 is 35.3 Å². The first-order valence-corrected chi connectivity index (χ1v) is 10.4. The van der Waals surface area contributed by atoms with Gasteiger partial charge in [0, 0.05) is 16.3 Å². The van der Waals surface area contributed by atoms with E-state index in [2.05, 4.69) is 15.8 Å². The molecule has 0 saturated carbocycles. The quantitative estimate of drug-likeness (QED) is 0.320. The monoisotopic (exact) mass is 445 g/mol. The summed E-state index contributed by atoms with van der Waals surface area (Å²) in [4.78, 5) is 25.4. The summed E-state index contributed by atoms with van der Waals surface area (Å²) in [5, 5.41) is 7.29. The predicted octanol–water partition coefficient (Wildman–Crippen LogP) is 4.50. The van der Waals surface area contributed by atoms with E-state index in [-0.39, 0.29) is 5.92 Å². The third-order valence-corrected chi connectivity index (χ3v) is 4.64. The van der Waals surface area contributed by atoms with Gasteiger partial charge in [-0.15, -0.1) is 0 Å². The normalized spacial score (nSPS) is 11.9. The highest BCUT2D eigenvalue weighted by Gasteiger charge is 2.30. The molecule has 2 N–H and O–H groups in total. The van der Waals surface area contributed by atoms with Gasteiger partial charge in [-0.2, -0.15) is 5.10 Å². The number of nitrogens with zero attached hydrogens (tertiary/aromatic N) is 1. The number of nitrogens with one attached hydrogen (secondary N) is 2. The Hall–Kier alpha value is -3.06. The Morgan fingerprint density at radius 2 is 1.84 bits per heavy atom. The molecular formula is C23H28ClN3O4. The summed E-state index contributed by atoms with van der Waals surface area (Å²) in [5.74, 6) is -0.786. The van der Waals surface area contributed by atoms with Crippen LogP contribution in [0.3, 0.4) is 0 Å². The molecule has 0 bridgehead atoms. The van der Waals surface area contributed by atoms with E-state index in [0.29, 0.717) is 34.4 Å². The van der Waals surface area contributed by atoms with Gasteiger partial charge in [-0.05, 0) is 54.8 Å². The van der Waals surface area contributed by atoms with E-state index in [1.807, 2.05) is 6.92 Å². The lowest BCUT2D eigenvalue weighted by Crippen LogP contribution is -2.39. The van der Waals surface area contributed by atoms with Crippen molar-refractivity contribution in [2.45, 2.75) is 27.2 Å². The van der Waals surface area contributed by atoms with E-state index in [4.69, 9.17) is 21.1 Å². The molecule has 0 saturated heterocycles. The molecular weight excluding hydrogens is 418 g/mol. The van der Waals surface area contributed by atoms with Crippen LogP contribution in [0.2, 0.25) is 5.02 Å². The summed E-state index contributed by atoms with van der Waals surface area (Å²) >= 11 is 6.06. The first-order valence-electron chi connectivity index (χ1n) is 10.1. The average Bonchev–Trinajstić information content (AvgIpc) is 2.73. The van der Waals surface area contributed by atoms with Gasteiger partial charge < -0.3 is 14.8 Å². The smallest absolute Gasteiger partial charge is 0.252 e. The molecule has 2 rings (SSSR count). The minimum atomic E-state index is -0.922. The standard InChI is InChI=1S/C23H28ClN3O4/c1-5-12-31-20-11-6-17(24)13-16(20)14-25-27-23(29)21(15(2)3)22(28)26-18-7-9-19(30-4)10-8-18/h6-11,13-15,21H,5,12H2,1-4H3,(H,26,28)(H,27,29). The molecule has 0 radical (unpaired) electrons. The van der Waals surface area contributed by atoms with E-state index >= 15 is 0 Å². The number of hydrogen-bond donors (Lipinski definition) is 2. The molecule has 0 fully saturated rings. The van der Waals surface area contributed by atoms with E-state index in [1.54, 1.807) is 63.4 Å². The highest BCUT2D eigenvalue weighted by molar-refractivity contribution is 6.30. The number of carbonyl (C=O) groups is 2. The maximum absolute atomic E-state index is 12.7. The Morgan fingerprint density at radius 3 is 2.45 bits per heavy atom. The second kappa shape index (κ2) is 12.0. The second-order valence-corrected chi connectivity index (χ2v) is 7.64. The number of carbonyl (C=O) groups excluding carboxylic acids is 2. The maximum Gasteiger partial charge on any atom is 0.252 e. The van der Waals surface area contributed by atoms with Crippen molar-refractivity contribution in [2.75, 3.05) is 19.0 Å². The Morgan fingerprint density at radius 1 is 1.13 bits per heavy atom. The lowest BCUT2D eigenvalue weighted by Gasteiger charge is -2.18. The number of rotatable bonds is 10. The fourth-order valence-corrected chi connectivity index (χ4v) is 3.00. The highest BCUT2D eigenvalue weighted by Crippen LogP contribution is 2.22. The van der Waals surface area contributed by atoms with Gasteiger partial charge in [-0.25, -0.2) is 5.43 Å². The summed E-state index contributed by atoms with van der Waals surface area (Å²) in [5.41, 5.74) is 3.65. The van der Waals surface area contributed by atoms with Crippen LogP contribution in [-0.2, 0) is 9.59 Å². The first kappa shape index (κ1) is 24.2. The molecule has 166 valence electrons. The molecule has 8 heteroatoms. The molecule has 0 aliphatic rings. The van der Waals surface area contributed by atoms with Crippen LogP contribution in [-0.4, -0.2) is 31.7 Å². The van der Waals surface area contributed by atoms with Gasteiger partial charge in [0.1, 0.15) is 17.4 Å². The Balaban J connectivity index is 2.06. The lowest BCUT2D eigenvalue weighted by atomic mass is 9.94. The van der Waals surface area contributed by atoms with Gasteiger partial charge >= 0.3 is 0 Å². The molecule has 0 aliphatic heterocycles. The van der Waals surface area contributed by atoms with Crippen LogP contribution in [0.25, 0.3) is 0 Å². The highest BCUT2D eigenvalue weighted by atomic mass is 35.5. The molecule has 0 aromatic heterocycles. The SMILES string of the molecule is CCCOc1ccc(Cl)cc1C=NNC(=O)C(C(=O)Nc1ccc(OC)cc1)C(C)C. The minimum absolute atomic E-state index is 0.233. The van der Waals surface area contributed by atoms with Gasteiger partial charge in [0.05, 0.1) is 19.9 Å². The summed E-state index contributed by atoms with van der Waals surface area (Å²) in [7, 11) is 1.56. The van der Waals surface area contributed by atoms with Crippen molar-refractivity contribution in [1.29, 1.82) is 0 Å². The summed E-state index contributed by atoms with van der Waals surface area (Å²) in [6, 6.07) is 12.0. The number of hydrazone groups is 1. The summed E-state index contributed by atoms with van der Waals surface area (Å²) in [6.07, 6.45) is 2.31. The zero-order valence-electron chi connectivity index (χ0n) is 18.1. The topological polar surface area (TPSA) is 89.0 Å². The van der Waals surface area contributed by atoms with Crippen LogP contribution in [0, 0.1) is 11.8 Å². The summed E-state index contributed by atoms with van der Waals surface area (Å²) in [6.45, 7) is 6.16. The largest absolute Gasteiger partial charge is 0.497 e. The third kappa shape index (κ3) is 7.29. The van der Waals surface area contributed by atoms with Crippen LogP contribution >= 0.6 is 11.6 Å². The molecule has 2 amide bonds. The van der Waals surface area contributed by atoms with Crippen molar-refractivity contribution in [3.8, 4) is 11.5 Å². The number of halogens is 1. The molecule has 7 nitrogen and oxygen atoms in total. The van der Waals surface area contributed by atoms with Crippen molar-refractivity contribution in [3.63, 3.8) is 0 Å². The molecule has 1 atom stereocenters. The number of hydrogen-bond acceptors (Lipinski definition) is 5. The number of methoxy groups -OCH3 is 1. The van der Waals surface area contributed by atoms with Crippen LogP contribution in [0.1, 0.15) is 32.8 Å². The van der Waals surface area contributed by atoms with E-state index in [0.717, 1.165) is 6.42 Å². The van der Waals surface area contributed by atoms with Crippen molar-refractivity contribution in [3.05, 3.63) is 53.1 Å². The van der Waals surface area contributed by atoms with Gasteiger partial charge in [0.15, 0.2) is 0 Å². The van der Waals surface area contributed by atoms with Crippen LogP contribution in [0.5, 0.6) is 11.5 Å². The van der Waals surface area contributed by atoms with Crippen molar-refractivity contribution < 1.29 is 19.1 Å². The van der Waals surface area contributed by atoms with E-state index < -0.39 is 17.7 Å². The Kier molecular flexibility index (Phi) is 9.34. The van der Waals surface area contributed by atoms with Crippen LogP contribution in [0.4, 0.5) is 5.69 Å². The molecule has 0 heterocycles. The molecule has 0 spiro atoms. The molecule has 0 aliphatic carbocycles. The van der Waals surface area contributed by atoms with Gasteiger partial charge in [0.2, 0.25) is 5.91 Å². The Labute approximate surface area is 187 Å². The fraction of sp³-hybridized carbons (Fsp3) is 0.348. The number of benzene rings is 2. The molecule has 1 unspecified atom stereocenters. The zero-order chi connectivity index (χ0) is 22.8. The maximum atomic E-state index is 12.7. The minimum Gasteiger partial charge on any atom is -0.497 e. The van der Waals surface area contributed by atoms with E-state index in [9.17, 15) is 9.59 Å².